The number of hydrogen-bond donors (Lipinski definition) is 1. The number of nitrogens with zero attached hydrogens (tertiary/aromatic N) is 2. The minimum Gasteiger partial charge on any atom is -0.481 e. The number of rotatable bonds is 5. The lowest BCUT2D eigenvalue weighted by Crippen LogP contribution is -2.47. The predicted molar refractivity (Wildman–Crippen MR) is 104 cm³/mol. The molecule has 1 aromatic carbocycles. The first kappa shape index (κ1) is 19.5. The zero-order valence-electron chi connectivity index (χ0n) is 15.1. The van der Waals surface area contributed by atoms with E-state index in [-0.39, 0.29) is 11.6 Å². The van der Waals surface area contributed by atoms with Gasteiger partial charge in [-0.25, -0.2) is 4.21 Å². The SMILES string of the molecule is O=S=C(C1CCN(c2ccc([N+](=O)[O-])cc2)CC1)C1(C(=O)O)CCCCC1. The smallest absolute Gasteiger partial charge is 0.314 e. The van der Waals surface area contributed by atoms with E-state index in [0.29, 0.717) is 42.1 Å². The van der Waals surface area contributed by atoms with Crippen molar-refractivity contribution in [2.75, 3.05) is 18.0 Å². The van der Waals surface area contributed by atoms with E-state index in [0.717, 1.165) is 37.8 Å². The zero-order valence-corrected chi connectivity index (χ0v) is 16.0. The highest BCUT2D eigenvalue weighted by Crippen LogP contribution is 2.41. The second-order valence-corrected chi connectivity index (χ2v) is 8.04. The molecule has 2 fully saturated rings. The molecule has 3 rings (SSSR count). The van der Waals surface area contributed by atoms with E-state index in [1.807, 2.05) is 0 Å². The molecule has 1 heterocycles. The molecule has 0 amide bonds. The van der Waals surface area contributed by atoms with Gasteiger partial charge in [0.2, 0.25) is 0 Å². The van der Waals surface area contributed by atoms with Gasteiger partial charge >= 0.3 is 5.97 Å². The Hall–Kier alpha value is -2.22. The summed E-state index contributed by atoms with van der Waals surface area (Å²) < 4.78 is 11.9. The summed E-state index contributed by atoms with van der Waals surface area (Å²) in [5, 5.41) is 20.7. The van der Waals surface area contributed by atoms with Crippen molar-refractivity contribution in [2.45, 2.75) is 44.9 Å². The second kappa shape index (κ2) is 8.21. The second-order valence-electron chi connectivity index (χ2n) is 7.43. The maximum Gasteiger partial charge on any atom is 0.314 e. The maximum absolute atomic E-state index is 12.1. The van der Waals surface area contributed by atoms with E-state index in [9.17, 15) is 24.2 Å². The molecule has 0 unspecified atom stereocenters. The average Bonchev–Trinajstić information content (AvgIpc) is 2.70. The van der Waals surface area contributed by atoms with Gasteiger partial charge in [0.25, 0.3) is 5.69 Å². The Labute approximate surface area is 161 Å². The van der Waals surface area contributed by atoms with E-state index in [2.05, 4.69) is 4.90 Å². The van der Waals surface area contributed by atoms with Crippen LogP contribution in [0.4, 0.5) is 11.4 Å². The molecular formula is C19H24N2O5S. The van der Waals surface area contributed by atoms with Crippen LogP contribution < -0.4 is 4.90 Å². The molecule has 2 aliphatic rings. The van der Waals surface area contributed by atoms with Crippen molar-refractivity contribution in [3.63, 3.8) is 0 Å². The lowest BCUT2D eigenvalue weighted by Gasteiger charge is -2.40. The molecule has 1 aliphatic heterocycles. The number of carboxylic acids is 1. The first-order chi connectivity index (χ1) is 13.0. The Balaban J connectivity index is 1.71. The summed E-state index contributed by atoms with van der Waals surface area (Å²) in [5.74, 6) is -0.839. The summed E-state index contributed by atoms with van der Waals surface area (Å²) in [6.45, 7) is 1.42. The van der Waals surface area contributed by atoms with Gasteiger partial charge in [-0.2, -0.15) is 0 Å². The summed E-state index contributed by atoms with van der Waals surface area (Å²) in [4.78, 5) is 25.2. The molecule has 1 aliphatic carbocycles. The van der Waals surface area contributed by atoms with Crippen LogP contribution in [0.3, 0.4) is 0 Å². The van der Waals surface area contributed by atoms with Gasteiger partial charge in [-0.1, -0.05) is 19.3 Å². The fraction of sp³-hybridized carbons (Fsp3) is 0.579. The molecule has 7 nitrogen and oxygen atoms in total. The molecule has 0 atom stereocenters. The number of nitro benzene ring substituents is 1. The molecule has 0 radical (unpaired) electrons. The minimum absolute atomic E-state index is 0.0102. The molecule has 8 heteroatoms. The largest absolute Gasteiger partial charge is 0.481 e. The van der Waals surface area contributed by atoms with Gasteiger partial charge in [-0.05, 0) is 43.7 Å². The fourth-order valence-corrected chi connectivity index (χ4v) is 5.27. The Morgan fingerprint density at radius 1 is 1.15 bits per heavy atom. The molecule has 1 N–H and O–H groups in total. The highest BCUT2D eigenvalue weighted by atomic mass is 32.1. The summed E-state index contributed by atoms with van der Waals surface area (Å²) >= 11 is 0.405. The van der Waals surface area contributed by atoms with E-state index < -0.39 is 16.3 Å². The Morgan fingerprint density at radius 3 is 2.22 bits per heavy atom. The van der Waals surface area contributed by atoms with E-state index in [4.69, 9.17) is 0 Å². The standard InChI is InChI=1S/C19H24N2O5S/c22-18(23)19(10-2-1-3-11-19)17(27-26)14-8-12-20(13-9-14)15-4-6-16(7-5-15)21(24)25/h4-7,14H,1-3,8-13H2,(H,22,23). The van der Waals surface area contributed by atoms with Crippen molar-refractivity contribution in [3.8, 4) is 0 Å². The summed E-state index contributed by atoms with van der Waals surface area (Å²) in [6, 6.07) is 6.47. The molecular weight excluding hydrogens is 368 g/mol. The summed E-state index contributed by atoms with van der Waals surface area (Å²) in [5.41, 5.74) is 0.0129. The van der Waals surface area contributed by atoms with Gasteiger partial charge in [0, 0.05) is 35.8 Å². The zero-order chi connectivity index (χ0) is 19.4. The number of nitro groups is 1. The Morgan fingerprint density at radius 2 is 1.74 bits per heavy atom. The topological polar surface area (TPSA) is 101 Å². The van der Waals surface area contributed by atoms with Crippen LogP contribution in [0.2, 0.25) is 0 Å². The highest BCUT2D eigenvalue weighted by molar-refractivity contribution is 7.66. The molecule has 1 aromatic rings. The van der Waals surface area contributed by atoms with E-state index in [1.54, 1.807) is 12.1 Å². The maximum atomic E-state index is 12.1. The molecule has 27 heavy (non-hydrogen) atoms. The lowest BCUT2D eigenvalue weighted by atomic mass is 9.67. The van der Waals surface area contributed by atoms with Crippen molar-refractivity contribution in [2.24, 2.45) is 11.3 Å². The highest BCUT2D eigenvalue weighted by Gasteiger charge is 2.47. The van der Waals surface area contributed by atoms with Gasteiger partial charge in [-0.15, -0.1) is 0 Å². The summed E-state index contributed by atoms with van der Waals surface area (Å²) in [6.07, 6.45) is 5.35. The lowest BCUT2D eigenvalue weighted by molar-refractivity contribution is -0.384. The third-order valence-electron chi connectivity index (χ3n) is 5.97. The van der Waals surface area contributed by atoms with Crippen molar-refractivity contribution in [1.29, 1.82) is 0 Å². The Kier molecular flexibility index (Phi) is 5.94. The fourth-order valence-electron chi connectivity index (χ4n) is 4.44. The number of hydrogen-bond acceptors (Lipinski definition) is 5. The van der Waals surface area contributed by atoms with E-state index >= 15 is 0 Å². The minimum atomic E-state index is -0.967. The quantitative estimate of drug-likeness (QED) is 0.469. The third kappa shape index (κ3) is 3.90. The van der Waals surface area contributed by atoms with Gasteiger partial charge < -0.3 is 10.0 Å². The monoisotopic (exact) mass is 392 g/mol. The first-order valence-electron chi connectivity index (χ1n) is 9.38. The van der Waals surface area contributed by atoms with Crippen LogP contribution in [-0.2, 0) is 16.1 Å². The number of carbonyl (C=O) groups is 1. The molecule has 0 aromatic heterocycles. The molecule has 1 saturated carbocycles. The van der Waals surface area contributed by atoms with Crippen molar-refractivity contribution in [1.82, 2.24) is 0 Å². The van der Waals surface area contributed by atoms with Crippen LogP contribution in [0, 0.1) is 21.4 Å². The third-order valence-corrected chi connectivity index (χ3v) is 6.87. The predicted octanol–water partition coefficient (Wildman–Crippen LogP) is 3.23. The van der Waals surface area contributed by atoms with Crippen LogP contribution in [0.15, 0.2) is 24.3 Å². The molecule has 146 valence electrons. The van der Waals surface area contributed by atoms with Crippen molar-refractivity contribution in [3.05, 3.63) is 34.4 Å². The van der Waals surface area contributed by atoms with Crippen LogP contribution >= 0.6 is 0 Å². The molecule has 0 spiro atoms. The van der Waals surface area contributed by atoms with E-state index in [1.165, 1.54) is 12.1 Å². The number of anilines is 1. The molecule has 0 bridgehead atoms. The normalized spacial score (nSPS) is 20.1. The van der Waals surface area contributed by atoms with Crippen LogP contribution in [0.1, 0.15) is 44.9 Å². The van der Waals surface area contributed by atoms with Crippen molar-refractivity contribution < 1.29 is 19.0 Å². The molecule has 1 saturated heterocycles. The van der Waals surface area contributed by atoms with Gasteiger partial charge in [-0.3, -0.25) is 14.9 Å². The van der Waals surface area contributed by atoms with Gasteiger partial charge in [0.1, 0.15) is 5.41 Å². The van der Waals surface area contributed by atoms with Gasteiger partial charge in [0.15, 0.2) is 0 Å². The number of piperidine rings is 1. The van der Waals surface area contributed by atoms with Crippen LogP contribution in [0.5, 0.6) is 0 Å². The average molecular weight is 392 g/mol. The van der Waals surface area contributed by atoms with Crippen LogP contribution in [-0.4, -0.2) is 38.2 Å². The number of carboxylic acid groups (broad SMARTS) is 1. The number of benzene rings is 1. The number of non-ortho nitro benzene ring substituents is 1. The van der Waals surface area contributed by atoms with Gasteiger partial charge in [0.05, 0.1) is 16.2 Å². The number of aliphatic carboxylic acids is 1. The summed E-state index contributed by atoms with van der Waals surface area (Å²) in [7, 11) is 0. The Bertz CT molecular complexity index is 759. The van der Waals surface area contributed by atoms with Crippen LogP contribution in [0.25, 0.3) is 0 Å². The first-order valence-corrected chi connectivity index (χ1v) is 10.1. The van der Waals surface area contributed by atoms with Crippen molar-refractivity contribution >= 4 is 33.5 Å².